The Bertz CT molecular complexity index is 445. The summed E-state index contributed by atoms with van der Waals surface area (Å²) in [7, 11) is 3.53. The van der Waals surface area contributed by atoms with E-state index in [0.717, 1.165) is 30.8 Å². The molecule has 1 saturated heterocycles. The van der Waals surface area contributed by atoms with Crippen LogP contribution in [0.15, 0.2) is 18.2 Å². The highest BCUT2D eigenvalue weighted by Crippen LogP contribution is 2.20. The van der Waals surface area contributed by atoms with Crippen molar-refractivity contribution >= 4 is 11.7 Å². The summed E-state index contributed by atoms with van der Waals surface area (Å²) >= 11 is 0. The molecule has 1 aromatic rings. The van der Waals surface area contributed by atoms with Gasteiger partial charge in [0.1, 0.15) is 0 Å². The van der Waals surface area contributed by atoms with Crippen molar-refractivity contribution in [2.45, 2.75) is 19.4 Å². The highest BCUT2D eigenvalue weighted by molar-refractivity contribution is 5.90. The van der Waals surface area contributed by atoms with Crippen molar-refractivity contribution in [3.63, 3.8) is 0 Å². The fourth-order valence-corrected chi connectivity index (χ4v) is 2.34. The third-order valence-electron chi connectivity index (χ3n) is 3.40. The van der Waals surface area contributed by atoms with E-state index in [1.54, 1.807) is 6.07 Å². The fourth-order valence-electron chi connectivity index (χ4n) is 2.34. The number of hydrogen-bond acceptors (Lipinski definition) is 4. The summed E-state index contributed by atoms with van der Waals surface area (Å²) in [5, 5.41) is 3.53. The number of nitrogens with one attached hydrogen (secondary N) is 1. The lowest BCUT2D eigenvalue weighted by Crippen LogP contribution is -2.23. The number of rotatable bonds is 3. The van der Waals surface area contributed by atoms with Gasteiger partial charge in [-0.2, -0.15) is 0 Å². The maximum atomic E-state index is 11.4. The Morgan fingerprint density at radius 3 is 2.83 bits per heavy atom. The van der Waals surface area contributed by atoms with E-state index in [4.69, 9.17) is 4.74 Å². The molecule has 0 amide bonds. The second-order valence-corrected chi connectivity index (χ2v) is 4.91. The zero-order valence-electron chi connectivity index (χ0n) is 11.2. The monoisotopic (exact) mass is 248 g/mol. The number of benzene rings is 1. The predicted octanol–water partition coefficient (Wildman–Crippen LogP) is 1.90. The highest BCUT2D eigenvalue weighted by Gasteiger charge is 2.19. The number of aryl methyl sites for hydroxylation is 1. The van der Waals surface area contributed by atoms with Crippen molar-refractivity contribution in [3.05, 3.63) is 29.3 Å². The first-order valence-electron chi connectivity index (χ1n) is 6.24. The average molecular weight is 248 g/mol. The second-order valence-electron chi connectivity index (χ2n) is 4.91. The minimum absolute atomic E-state index is 0.287. The lowest BCUT2D eigenvalue weighted by atomic mass is 10.1. The van der Waals surface area contributed by atoms with E-state index in [-0.39, 0.29) is 5.97 Å². The molecule has 18 heavy (non-hydrogen) atoms. The van der Waals surface area contributed by atoms with Gasteiger partial charge in [-0.3, -0.25) is 0 Å². The van der Waals surface area contributed by atoms with E-state index < -0.39 is 0 Å². The smallest absolute Gasteiger partial charge is 0.337 e. The van der Waals surface area contributed by atoms with Crippen LogP contribution >= 0.6 is 0 Å². The standard InChI is InChI=1S/C14H20N2O2/c1-10-8-11(14(17)18-3)4-5-13(10)15-12-6-7-16(2)9-12/h4-5,8,12,15H,6-7,9H2,1-3H3. The Hall–Kier alpha value is -1.55. The van der Waals surface area contributed by atoms with Gasteiger partial charge in [0.25, 0.3) is 0 Å². The van der Waals surface area contributed by atoms with Crippen molar-refractivity contribution in [2.24, 2.45) is 0 Å². The van der Waals surface area contributed by atoms with E-state index >= 15 is 0 Å². The normalized spacial score (nSPS) is 19.8. The van der Waals surface area contributed by atoms with Gasteiger partial charge < -0.3 is 15.0 Å². The molecule has 0 aromatic heterocycles. The largest absolute Gasteiger partial charge is 0.465 e. The minimum Gasteiger partial charge on any atom is -0.465 e. The van der Waals surface area contributed by atoms with Crippen molar-refractivity contribution in [2.75, 3.05) is 32.6 Å². The number of likely N-dealkylation sites (N-methyl/N-ethyl adjacent to an activating group) is 1. The van der Waals surface area contributed by atoms with Gasteiger partial charge in [0.2, 0.25) is 0 Å². The summed E-state index contributed by atoms with van der Waals surface area (Å²) in [6.45, 7) is 4.21. The number of carbonyl (C=O) groups is 1. The summed E-state index contributed by atoms with van der Waals surface area (Å²) in [6.07, 6.45) is 1.16. The maximum absolute atomic E-state index is 11.4. The van der Waals surface area contributed by atoms with Gasteiger partial charge in [0, 0.05) is 18.3 Å². The molecule has 1 aromatic carbocycles. The van der Waals surface area contributed by atoms with Gasteiger partial charge >= 0.3 is 5.97 Å². The third kappa shape index (κ3) is 2.82. The lowest BCUT2D eigenvalue weighted by molar-refractivity contribution is 0.0600. The molecule has 0 spiro atoms. The number of methoxy groups -OCH3 is 1. The molecular weight excluding hydrogens is 228 g/mol. The maximum Gasteiger partial charge on any atom is 0.337 e. The summed E-state index contributed by atoms with van der Waals surface area (Å²) in [6, 6.07) is 6.13. The quantitative estimate of drug-likeness (QED) is 0.830. The van der Waals surface area contributed by atoms with Crippen LogP contribution in [0.4, 0.5) is 5.69 Å². The van der Waals surface area contributed by atoms with E-state index in [1.807, 2.05) is 19.1 Å². The molecule has 1 atom stereocenters. The van der Waals surface area contributed by atoms with Gasteiger partial charge in [0.15, 0.2) is 0 Å². The fraction of sp³-hybridized carbons (Fsp3) is 0.500. The molecule has 0 aliphatic carbocycles. The molecule has 4 heteroatoms. The Morgan fingerprint density at radius 1 is 1.50 bits per heavy atom. The zero-order valence-corrected chi connectivity index (χ0v) is 11.2. The molecule has 1 unspecified atom stereocenters. The number of esters is 1. The number of anilines is 1. The average Bonchev–Trinajstić information content (AvgIpc) is 2.76. The van der Waals surface area contributed by atoms with Gasteiger partial charge in [-0.1, -0.05) is 0 Å². The van der Waals surface area contributed by atoms with Crippen LogP contribution in [0.3, 0.4) is 0 Å². The highest BCUT2D eigenvalue weighted by atomic mass is 16.5. The van der Waals surface area contributed by atoms with Crippen molar-refractivity contribution < 1.29 is 9.53 Å². The van der Waals surface area contributed by atoms with E-state index in [0.29, 0.717) is 11.6 Å². The Labute approximate surface area is 108 Å². The number of hydrogen-bond donors (Lipinski definition) is 1. The summed E-state index contributed by atoms with van der Waals surface area (Å²) in [5.74, 6) is -0.287. The number of ether oxygens (including phenoxy) is 1. The van der Waals surface area contributed by atoms with Crippen LogP contribution in [0.1, 0.15) is 22.3 Å². The first-order chi connectivity index (χ1) is 8.60. The molecule has 0 saturated carbocycles. The number of carbonyl (C=O) groups excluding carboxylic acids is 1. The minimum atomic E-state index is -0.287. The van der Waals surface area contributed by atoms with Crippen molar-refractivity contribution in [1.29, 1.82) is 0 Å². The molecule has 1 N–H and O–H groups in total. The molecule has 1 fully saturated rings. The number of nitrogens with zero attached hydrogens (tertiary/aromatic N) is 1. The molecule has 0 bridgehead atoms. The molecule has 1 heterocycles. The molecule has 1 aliphatic rings. The molecule has 1 aliphatic heterocycles. The van der Waals surface area contributed by atoms with Crippen LogP contribution in [0.25, 0.3) is 0 Å². The predicted molar refractivity (Wildman–Crippen MR) is 72.0 cm³/mol. The first kappa shape index (κ1) is 12.9. The van der Waals surface area contributed by atoms with E-state index in [9.17, 15) is 4.79 Å². The van der Waals surface area contributed by atoms with Gasteiger partial charge in [-0.05, 0) is 50.7 Å². The SMILES string of the molecule is COC(=O)c1ccc(NC2CCN(C)C2)c(C)c1. The van der Waals surface area contributed by atoms with E-state index in [2.05, 4.69) is 17.3 Å². The second kappa shape index (κ2) is 5.40. The lowest BCUT2D eigenvalue weighted by Gasteiger charge is -2.16. The van der Waals surface area contributed by atoms with Crippen molar-refractivity contribution in [3.8, 4) is 0 Å². The van der Waals surface area contributed by atoms with Crippen LogP contribution in [0, 0.1) is 6.92 Å². The Morgan fingerprint density at radius 2 is 2.28 bits per heavy atom. The molecule has 98 valence electrons. The molecular formula is C14H20N2O2. The van der Waals surface area contributed by atoms with Crippen LogP contribution in [-0.4, -0.2) is 44.2 Å². The van der Waals surface area contributed by atoms with Crippen LogP contribution in [0.2, 0.25) is 0 Å². The Balaban J connectivity index is 2.08. The Kier molecular flexibility index (Phi) is 3.87. The van der Waals surface area contributed by atoms with E-state index in [1.165, 1.54) is 7.11 Å². The number of likely N-dealkylation sites (tertiary alicyclic amines) is 1. The van der Waals surface area contributed by atoms with Gasteiger partial charge in [-0.15, -0.1) is 0 Å². The summed E-state index contributed by atoms with van der Waals surface area (Å²) in [5.41, 5.74) is 2.78. The van der Waals surface area contributed by atoms with Crippen LogP contribution in [0.5, 0.6) is 0 Å². The van der Waals surface area contributed by atoms with Crippen LogP contribution in [-0.2, 0) is 4.74 Å². The topological polar surface area (TPSA) is 41.6 Å². The summed E-state index contributed by atoms with van der Waals surface area (Å²) < 4.78 is 4.71. The van der Waals surface area contributed by atoms with Crippen molar-refractivity contribution in [1.82, 2.24) is 4.90 Å². The van der Waals surface area contributed by atoms with Crippen LogP contribution < -0.4 is 5.32 Å². The third-order valence-corrected chi connectivity index (χ3v) is 3.40. The summed E-state index contributed by atoms with van der Waals surface area (Å²) in [4.78, 5) is 13.7. The van der Waals surface area contributed by atoms with Gasteiger partial charge in [-0.25, -0.2) is 4.79 Å². The molecule has 2 rings (SSSR count). The molecule has 4 nitrogen and oxygen atoms in total. The van der Waals surface area contributed by atoms with Gasteiger partial charge in [0.05, 0.1) is 12.7 Å². The molecule has 0 radical (unpaired) electrons. The zero-order chi connectivity index (χ0) is 13.1. The first-order valence-corrected chi connectivity index (χ1v) is 6.24.